The minimum absolute atomic E-state index is 0.200. The summed E-state index contributed by atoms with van der Waals surface area (Å²) in [6, 6.07) is 0. The lowest BCUT2D eigenvalue weighted by Crippen LogP contribution is -2.36. The second-order valence-corrected chi connectivity index (χ2v) is 6.57. The molecular formula is C19H34O4. The van der Waals surface area contributed by atoms with Crippen LogP contribution in [0, 0.1) is 5.41 Å². The number of carboxylic acid groups (broad SMARTS) is 2. The molecule has 0 unspecified atom stereocenters. The lowest BCUT2D eigenvalue weighted by molar-refractivity contribution is -0.163. The van der Waals surface area contributed by atoms with Gasteiger partial charge in [-0.2, -0.15) is 0 Å². The molecule has 0 saturated carbocycles. The summed E-state index contributed by atoms with van der Waals surface area (Å²) in [5, 5.41) is 18.0. The summed E-state index contributed by atoms with van der Waals surface area (Å²) in [5.74, 6) is -2.49. The van der Waals surface area contributed by atoms with E-state index >= 15 is 0 Å². The maximum absolute atomic E-state index is 11.0. The molecule has 2 N–H and O–H groups in total. The molecule has 0 bridgehead atoms. The first kappa shape index (κ1) is 21.7. The Hall–Kier alpha value is -1.32. The van der Waals surface area contributed by atoms with Gasteiger partial charge in [0.15, 0.2) is 5.41 Å². The molecule has 4 nitrogen and oxygen atoms in total. The van der Waals surface area contributed by atoms with E-state index in [0.29, 0.717) is 6.42 Å². The molecule has 0 aliphatic rings. The fourth-order valence-electron chi connectivity index (χ4n) is 2.50. The lowest BCUT2D eigenvalue weighted by Gasteiger charge is -2.19. The highest BCUT2D eigenvalue weighted by Crippen LogP contribution is 2.25. The Balaban J connectivity index is 3.56. The summed E-state index contributed by atoms with van der Waals surface area (Å²) in [5.41, 5.74) is -1.64. The third kappa shape index (κ3) is 10.1. The van der Waals surface area contributed by atoms with Crippen LogP contribution in [0.1, 0.15) is 90.9 Å². The predicted octanol–water partition coefficient (Wildman–Crippen LogP) is 5.42. The molecule has 0 amide bonds. The maximum Gasteiger partial charge on any atom is 0.320 e. The van der Waals surface area contributed by atoms with E-state index in [-0.39, 0.29) is 6.42 Å². The highest BCUT2D eigenvalue weighted by atomic mass is 16.4. The summed E-state index contributed by atoms with van der Waals surface area (Å²) in [4.78, 5) is 22.0. The van der Waals surface area contributed by atoms with Crippen LogP contribution in [0.3, 0.4) is 0 Å². The standard InChI is InChI=1S/C19H34O4/c1-3-4-5-6-7-8-9-10-11-12-13-14-15-16-19(2,17(20)21)18(22)23/h9-10H,3-8,11-16H2,1-2H3,(H,20,21)(H,22,23). The largest absolute Gasteiger partial charge is 0.480 e. The summed E-state index contributed by atoms with van der Waals surface area (Å²) in [7, 11) is 0. The smallest absolute Gasteiger partial charge is 0.320 e. The van der Waals surface area contributed by atoms with Gasteiger partial charge in [0.2, 0.25) is 0 Å². The second-order valence-electron chi connectivity index (χ2n) is 6.57. The molecule has 0 saturated heterocycles. The lowest BCUT2D eigenvalue weighted by atomic mass is 9.85. The molecule has 134 valence electrons. The average Bonchev–Trinajstić information content (AvgIpc) is 2.51. The number of hydrogen-bond donors (Lipinski definition) is 2. The topological polar surface area (TPSA) is 74.6 Å². The Kier molecular flexibility index (Phi) is 12.4. The van der Waals surface area contributed by atoms with Gasteiger partial charge in [-0.3, -0.25) is 9.59 Å². The maximum atomic E-state index is 11.0. The number of hydrogen-bond acceptors (Lipinski definition) is 2. The minimum atomic E-state index is -1.64. The summed E-state index contributed by atoms with van der Waals surface area (Å²) in [6.45, 7) is 3.52. The van der Waals surface area contributed by atoms with Crippen LogP contribution in [0.25, 0.3) is 0 Å². The summed E-state index contributed by atoms with van der Waals surface area (Å²) < 4.78 is 0. The van der Waals surface area contributed by atoms with Crippen LogP contribution in [0.2, 0.25) is 0 Å². The fourth-order valence-corrected chi connectivity index (χ4v) is 2.50. The Morgan fingerprint density at radius 1 is 0.783 bits per heavy atom. The molecule has 0 atom stereocenters. The Bertz CT molecular complexity index is 346. The zero-order valence-corrected chi connectivity index (χ0v) is 14.9. The third-order valence-electron chi connectivity index (χ3n) is 4.38. The Morgan fingerprint density at radius 3 is 1.65 bits per heavy atom. The van der Waals surface area contributed by atoms with Crippen molar-refractivity contribution in [3.63, 3.8) is 0 Å². The number of carboxylic acids is 2. The zero-order valence-electron chi connectivity index (χ0n) is 14.9. The SMILES string of the molecule is CCCCCCCC=CCCCCCCC(C)(C(=O)O)C(=O)O. The Morgan fingerprint density at radius 2 is 1.22 bits per heavy atom. The minimum Gasteiger partial charge on any atom is -0.480 e. The average molecular weight is 326 g/mol. The molecule has 0 spiro atoms. The van der Waals surface area contributed by atoms with E-state index in [0.717, 1.165) is 25.7 Å². The van der Waals surface area contributed by atoms with Gasteiger partial charge in [0, 0.05) is 0 Å². The van der Waals surface area contributed by atoms with Crippen molar-refractivity contribution in [2.24, 2.45) is 5.41 Å². The van der Waals surface area contributed by atoms with E-state index in [2.05, 4.69) is 19.1 Å². The van der Waals surface area contributed by atoms with Gasteiger partial charge in [-0.15, -0.1) is 0 Å². The highest BCUT2D eigenvalue weighted by molar-refractivity contribution is 5.97. The van der Waals surface area contributed by atoms with Crippen LogP contribution < -0.4 is 0 Å². The number of unbranched alkanes of at least 4 members (excludes halogenated alkanes) is 9. The highest BCUT2D eigenvalue weighted by Gasteiger charge is 2.40. The number of allylic oxidation sites excluding steroid dienone is 2. The van der Waals surface area contributed by atoms with Crippen LogP contribution in [-0.4, -0.2) is 22.2 Å². The zero-order chi connectivity index (χ0) is 17.6. The fraction of sp³-hybridized carbons (Fsp3) is 0.789. The van der Waals surface area contributed by atoms with Gasteiger partial charge in [-0.25, -0.2) is 0 Å². The molecule has 0 rings (SSSR count). The van der Waals surface area contributed by atoms with Gasteiger partial charge in [0.05, 0.1) is 0 Å². The van der Waals surface area contributed by atoms with Crippen molar-refractivity contribution >= 4 is 11.9 Å². The number of carbonyl (C=O) groups is 2. The van der Waals surface area contributed by atoms with Crippen molar-refractivity contribution in [3.8, 4) is 0 Å². The summed E-state index contributed by atoms with van der Waals surface area (Å²) in [6.07, 6.45) is 17.1. The second kappa shape index (κ2) is 13.1. The van der Waals surface area contributed by atoms with E-state index in [9.17, 15) is 9.59 Å². The molecule has 0 heterocycles. The van der Waals surface area contributed by atoms with E-state index in [1.165, 1.54) is 45.4 Å². The first-order chi connectivity index (χ1) is 10.9. The molecule has 0 fully saturated rings. The molecule has 23 heavy (non-hydrogen) atoms. The number of rotatable bonds is 15. The van der Waals surface area contributed by atoms with Crippen LogP contribution in [0.4, 0.5) is 0 Å². The van der Waals surface area contributed by atoms with Crippen LogP contribution >= 0.6 is 0 Å². The van der Waals surface area contributed by atoms with Gasteiger partial charge in [0.25, 0.3) is 0 Å². The van der Waals surface area contributed by atoms with Crippen molar-refractivity contribution in [2.45, 2.75) is 90.9 Å². The van der Waals surface area contributed by atoms with E-state index in [1.54, 1.807) is 0 Å². The molecule has 0 aromatic rings. The van der Waals surface area contributed by atoms with Crippen LogP contribution in [0.15, 0.2) is 12.2 Å². The normalized spacial score (nSPS) is 11.9. The molecule has 0 aliphatic carbocycles. The molecule has 0 radical (unpaired) electrons. The van der Waals surface area contributed by atoms with Crippen LogP contribution in [0.5, 0.6) is 0 Å². The first-order valence-electron chi connectivity index (χ1n) is 9.07. The van der Waals surface area contributed by atoms with Crippen molar-refractivity contribution in [1.29, 1.82) is 0 Å². The van der Waals surface area contributed by atoms with Crippen molar-refractivity contribution < 1.29 is 19.8 Å². The monoisotopic (exact) mass is 326 g/mol. The van der Waals surface area contributed by atoms with Crippen LogP contribution in [-0.2, 0) is 9.59 Å². The Labute approximate surface area is 141 Å². The van der Waals surface area contributed by atoms with Gasteiger partial charge in [-0.05, 0) is 39.0 Å². The first-order valence-corrected chi connectivity index (χ1v) is 9.07. The van der Waals surface area contributed by atoms with E-state index in [1.807, 2.05) is 0 Å². The summed E-state index contributed by atoms with van der Waals surface area (Å²) >= 11 is 0. The van der Waals surface area contributed by atoms with Gasteiger partial charge in [0.1, 0.15) is 0 Å². The van der Waals surface area contributed by atoms with Crippen molar-refractivity contribution in [2.75, 3.05) is 0 Å². The van der Waals surface area contributed by atoms with Gasteiger partial charge < -0.3 is 10.2 Å². The molecule has 0 aromatic carbocycles. The molecular weight excluding hydrogens is 292 g/mol. The van der Waals surface area contributed by atoms with Gasteiger partial charge in [-0.1, -0.05) is 64.0 Å². The number of aliphatic carboxylic acids is 2. The van der Waals surface area contributed by atoms with E-state index in [4.69, 9.17) is 10.2 Å². The molecule has 0 aliphatic heterocycles. The molecule has 0 aromatic heterocycles. The third-order valence-corrected chi connectivity index (χ3v) is 4.38. The van der Waals surface area contributed by atoms with Crippen molar-refractivity contribution in [3.05, 3.63) is 12.2 Å². The van der Waals surface area contributed by atoms with Gasteiger partial charge >= 0.3 is 11.9 Å². The predicted molar refractivity (Wildman–Crippen MR) is 93.6 cm³/mol. The van der Waals surface area contributed by atoms with Crippen molar-refractivity contribution in [1.82, 2.24) is 0 Å². The van der Waals surface area contributed by atoms with E-state index < -0.39 is 17.4 Å². The quantitative estimate of drug-likeness (QED) is 0.239. The molecule has 4 heteroatoms.